The number of benzene rings is 3. The number of anilines is 3. The number of likely N-dealkylation sites (N-methyl/N-ethyl adjacent to an activating group) is 1. The first-order chi connectivity index (χ1) is 17.0. The average molecular weight is 470 g/mol. The predicted octanol–water partition coefficient (Wildman–Crippen LogP) is 3.46. The van der Waals surface area contributed by atoms with E-state index in [0.717, 1.165) is 22.5 Å². The Kier molecular flexibility index (Phi) is 5.92. The number of aromatic nitrogens is 4. The number of carbonyl (C=O) groups excluding carboxylic acids is 1. The molecule has 4 aromatic rings. The Morgan fingerprint density at radius 1 is 1.00 bits per heavy atom. The molecule has 1 aliphatic heterocycles. The Balaban J connectivity index is 1.50. The van der Waals surface area contributed by atoms with Crippen molar-refractivity contribution in [1.29, 1.82) is 0 Å². The first kappa shape index (κ1) is 22.5. The van der Waals surface area contributed by atoms with E-state index in [0.29, 0.717) is 18.7 Å². The topological polar surface area (TPSA) is 108 Å². The molecule has 0 saturated heterocycles. The van der Waals surface area contributed by atoms with Crippen LogP contribution in [0.5, 0.6) is 0 Å². The van der Waals surface area contributed by atoms with Crippen LogP contribution in [0, 0.1) is 0 Å². The minimum absolute atomic E-state index is 0.156. The van der Waals surface area contributed by atoms with E-state index in [2.05, 4.69) is 30.9 Å². The number of tetrazole rings is 1. The van der Waals surface area contributed by atoms with Gasteiger partial charge in [-0.05, 0) is 48.4 Å². The lowest BCUT2D eigenvalue weighted by molar-refractivity contribution is 0.0598. The molecule has 1 aromatic heterocycles. The number of nitrogens with zero attached hydrogens (tertiary/aromatic N) is 5. The van der Waals surface area contributed by atoms with Gasteiger partial charge in [0, 0.05) is 12.1 Å². The quantitative estimate of drug-likeness (QED) is 0.380. The Morgan fingerprint density at radius 2 is 1.66 bits per heavy atom. The van der Waals surface area contributed by atoms with Crippen LogP contribution in [0.15, 0.2) is 78.9 Å². The number of aliphatic hydroxyl groups is 1. The fraction of sp³-hybridized carbons (Fsp3) is 0.231. The minimum atomic E-state index is -1.34. The highest BCUT2D eigenvalue weighted by Gasteiger charge is 2.47. The van der Waals surface area contributed by atoms with Crippen LogP contribution in [0.25, 0.3) is 0 Å². The Hall–Kier alpha value is -4.24. The molecule has 35 heavy (non-hydrogen) atoms. The van der Waals surface area contributed by atoms with Gasteiger partial charge in [0.25, 0.3) is 11.9 Å². The molecular formula is C26H27N7O2. The molecule has 0 spiro atoms. The molecule has 0 radical (unpaired) electrons. The van der Waals surface area contributed by atoms with E-state index in [1.165, 1.54) is 4.80 Å². The number of carbonyl (C=O) groups is 1. The average Bonchev–Trinajstić information content (AvgIpc) is 3.53. The summed E-state index contributed by atoms with van der Waals surface area (Å²) in [4.78, 5) is 16.4. The minimum Gasteiger partial charge on any atom is -0.376 e. The number of aryl methyl sites for hydroxylation is 1. The SMILES string of the molecule is CCN1c2cc(C(=O)Nc3nnn(CC)n3)ccc2NC1C(O)(c1ccccc1)c1ccccc1. The zero-order valence-corrected chi connectivity index (χ0v) is 19.6. The summed E-state index contributed by atoms with van der Waals surface area (Å²) >= 11 is 0. The number of rotatable bonds is 7. The van der Waals surface area contributed by atoms with Crippen LogP contribution in [0.3, 0.4) is 0 Å². The molecule has 1 amide bonds. The van der Waals surface area contributed by atoms with E-state index in [4.69, 9.17) is 0 Å². The van der Waals surface area contributed by atoms with Gasteiger partial charge < -0.3 is 15.3 Å². The van der Waals surface area contributed by atoms with E-state index in [1.54, 1.807) is 6.07 Å². The second kappa shape index (κ2) is 9.19. The first-order valence-electron chi connectivity index (χ1n) is 11.6. The summed E-state index contributed by atoms with van der Waals surface area (Å²) in [6.07, 6.45) is -0.489. The van der Waals surface area contributed by atoms with Crippen molar-refractivity contribution in [3.8, 4) is 0 Å². The Morgan fingerprint density at radius 3 is 2.23 bits per heavy atom. The van der Waals surface area contributed by atoms with Gasteiger partial charge in [0.05, 0.1) is 17.9 Å². The van der Waals surface area contributed by atoms with Gasteiger partial charge in [-0.15, -0.1) is 5.10 Å². The molecule has 178 valence electrons. The predicted molar refractivity (Wildman–Crippen MR) is 134 cm³/mol. The van der Waals surface area contributed by atoms with E-state index in [9.17, 15) is 9.90 Å². The summed E-state index contributed by atoms with van der Waals surface area (Å²) in [7, 11) is 0. The number of hydrogen-bond donors (Lipinski definition) is 3. The van der Waals surface area contributed by atoms with Crippen LogP contribution in [-0.2, 0) is 12.1 Å². The maximum atomic E-state index is 12.9. The van der Waals surface area contributed by atoms with Crippen molar-refractivity contribution in [2.75, 3.05) is 22.1 Å². The molecule has 5 rings (SSSR count). The molecule has 9 heteroatoms. The zero-order chi connectivity index (χ0) is 24.4. The molecule has 3 N–H and O–H groups in total. The Labute approximate surface area is 203 Å². The normalized spacial score (nSPS) is 14.9. The van der Waals surface area contributed by atoms with Crippen LogP contribution >= 0.6 is 0 Å². The summed E-state index contributed by atoms with van der Waals surface area (Å²) in [6.45, 7) is 5.10. The molecule has 1 unspecified atom stereocenters. The van der Waals surface area contributed by atoms with E-state index in [-0.39, 0.29) is 11.9 Å². The lowest BCUT2D eigenvalue weighted by atomic mass is 9.83. The highest BCUT2D eigenvalue weighted by atomic mass is 16.3. The number of fused-ring (bicyclic) bond motifs is 1. The highest BCUT2D eigenvalue weighted by molar-refractivity contribution is 6.04. The summed E-state index contributed by atoms with van der Waals surface area (Å²) in [6, 6.07) is 24.7. The third-order valence-electron chi connectivity index (χ3n) is 6.30. The summed E-state index contributed by atoms with van der Waals surface area (Å²) in [5.74, 6) is -0.174. The number of hydrogen-bond acceptors (Lipinski definition) is 7. The van der Waals surface area contributed by atoms with Gasteiger partial charge in [-0.25, -0.2) is 0 Å². The van der Waals surface area contributed by atoms with Crippen LogP contribution in [0.4, 0.5) is 17.3 Å². The molecule has 0 saturated carbocycles. The molecule has 0 bridgehead atoms. The van der Waals surface area contributed by atoms with Crippen molar-refractivity contribution in [3.63, 3.8) is 0 Å². The van der Waals surface area contributed by atoms with E-state index < -0.39 is 11.8 Å². The fourth-order valence-electron chi connectivity index (χ4n) is 4.55. The molecule has 1 aliphatic rings. The van der Waals surface area contributed by atoms with Crippen molar-refractivity contribution in [2.45, 2.75) is 32.2 Å². The van der Waals surface area contributed by atoms with Crippen molar-refractivity contribution < 1.29 is 9.90 Å². The van der Waals surface area contributed by atoms with Crippen molar-refractivity contribution in [3.05, 3.63) is 95.6 Å². The molecule has 1 atom stereocenters. The molecule has 0 aliphatic carbocycles. The Bertz CT molecular complexity index is 1280. The van der Waals surface area contributed by atoms with Crippen molar-refractivity contribution in [1.82, 2.24) is 20.2 Å². The molecule has 3 aromatic carbocycles. The number of nitrogens with one attached hydrogen (secondary N) is 2. The van der Waals surface area contributed by atoms with Crippen LogP contribution in [-0.4, -0.2) is 43.9 Å². The lowest BCUT2D eigenvalue weighted by Gasteiger charge is -2.40. The highest BCUT2D eigenvalue weighted by Crippen LogP contribution is 2.44. The largest absolute Gasteiger partial charge is 0.376 e. The summed E-state index contributed by atoms with van der Waals surface area (Å²) in [5.41, 5.74) is 2.34. The van der Waals surface area contributed by atoms with Crippen LogP contribution in [0.2, 0.25) is 0 Å². The third-order valence-corrected chi connectivity index (χ3v) is 6.30. The van der Waals surface area contributed by atoms with Gasteiger partial charge in [-0.3, -0.25) is 10.1 Å². The van der Waals surface area contributed by atoms with Gasteiger partial charge in [0.1, 0.15) is 6.17 Å². The zero-order valence-electron chi connectivity index (χ0n) is 19.6. The molecule has 9 nitrogen and oxygen atoms in total. The monoisotopic (exact) mass is 469 g/mol. The maximum absolute atomic E-state index is 12.9. The lowest BCUT2D eigenvalue weighted by Crippen LogP contribution is -2.53. The van der Waals surface area contributed by atoms with Gasteiger partial charge >= 0.3 is 0 Å². The van der Waals surface area contributed by atoms with Crippen molar-refractivity contribution in [2.24, 2.45) is 0 Å². The van der Waals surface area contributed by atoms with Crippen molar-refractivity contribution >= 4 is 23.2 Å². The first-order valence-corrected chi connectivity index (χ1v) is 11.6. The second-order valence-corrected chi connectivity index (χ2v) is 8.32. The van der Waals surface area contributed by atoms with E-state index >= 15 is 0 Å². The smallest absolute Gasteiger partial charge is 0.270 e. The fourth-order valence-corrected chi connectivity index (χ4v) is 4.55. The molecule has 2 heterocycles. The number of amides is 1. The molecular weight excluding hydrogens is 442 g/mol. The van der Waals surface area contributed by atoms with Gasteiger partial charge in [-0.1, -0.05) is 65.8 Å². The van der Waals surface area contributed by atoms with E-state index in [1.807, 2.05) is 86.6 Å². The molecule has 0 fully saturated rings. The van der Waals surface area contributed by atoms with Crippen LogP contribution < -0.4 is 15.5 Å². The summed E-state index contributed by atoms with van der Waals surface area (Å²) < 4.78 is 0. The maximum Gasteiger partial charge on any atom is 0.270 e. The summed E-state index contributed by atoms with van der Waals surface area (Å²) in [5, 5.41) is 30.4. The third kappa shape index (κ3) is 4.00. The second-order valence-electron chi connectivity index (χ2n) is 8.32. The van der Waals surface area contributed by atoms with Gasteiger partial charge in [-0.2, -0.15) is 4.80 Å². The van der Waals surface area contributed by atoms with Crippen LogP contribution in [0.1, 0.15) is 35.3 Å². The van der Waals surface area contributed by atoms with Gasteiger partial charge in [0.2, 0.25) is 0 Å². The van der Waals surface area contributed by atoms with Gasteiger partial charge in [0.15, 0.2) is 5.60 Å². The standard InChI is InChI=1S/C26H27N7O2/c1-3-32-22-17-18(23(34)28-25-29-31-33(4-2)30-25)15-16-21(22)27-24(32)26(35,19-11-7-5-8-12-19)20-13-9-6-10-14-20/h5-17,24,27,35H,3-4H2,1-2H3,(H,28,30,34).